The van der Waals surface area contributed by atoms with Crippen LogP contribution >= 0.6 is 0 Å². The molecule has 1 aromatic rings. The highest BCUT2D eigenvalue weighted by atomic mass is 32.2. The highest BCUT2D eigenvalue weighted by Crippen LogP contribution is 2.18. The Morgan fingerprint density at radius 1 is 1.32 bits per heavy atom. The molecular formula is C13H20FN3O4S. The maximum Gasteiger partial charge on any atom is 0.407 e. The number of hydrogen-bond acceptors (Lipinski definition) is 5. The van der Waals surface area contributed by atoms with E-state index in [1.165, 1.54) is 0 Å². The third-order valence-electron chi connectivity index (χ3n) is 2.35. The summed E-state index contributed by atoms with van der Waals surface area (Å²) in [5.41, 5.74) is 4.66. The average Bonchev–Trinajstić information content (AvgIpc) is 2.32. The molecule has 9 heteroatoms. The van der Waals surface area contributed by atoms with E-state index in [-0.39, 0.29) is 23.7 Å². The second kappa shape index (κ2) is 6.93. The molecule has 0 atom stereocenters. The van der Waals surface area contributed by atoms with Crippen molar-refractivity contribution in [1.29, 1.82) is 0 Å². The number of carbonyl (C=O) groups is 1. The Morgan fingerprint density at radius 2 is 1.95 bits per heavy atom. The lowest BCUT2D eigenvalue weighted by Gasteiger charge is -2.19. The number of halogens is 1. The molecule has 7 nitrogen and oxygen atoms in total. The Labute approximate surface area is 129 Å². The molecule has 0 aliphatic rings. The third-order valence-corrected chi connectivity index (χ3v) is 3.88. The van der Waals surface area contributed by atoms with Crippen molar-refractivity contribution in [2.75, 3.05) is 18.8 Å². The van der Waals surface area contributed by atoms with E-state index in [0.29, 0.717) is 0 Å². The standard InChI is InChI=1S/C13H20FN3O4S/c1-13(2,3)21-12(18)16-6-7-17-22(19,20)11-5-4-9(14)8-10(11)15/h4-5,8,17H,6-7,15H2,1-3H3,(H,16,18). The van der Waals surface area contributed by atoms with Crippen LogP contribution in [-0.4, -0.2) is 33.2 Å². The summed E-state index contributed by atoms with van der Waals surface area (Å²) in [7, 11) is -3.87. The van der Waals surface area contributed by atoms with Gasteiger partial charge in [0.1, 0.15) is 16.3 Å². The van der Waals surface area contributed by atoms with E-state index in [1.54, 1.807) is 20.8 Å². The first-order valence-electron chi connectivity index (χ1n) is 6.53. The molecule has 0 fully saturated rings. The van der Waals surface area contributed by atoms with Crippen LogP contribution in [0, 0.1) is 5.82 Å². The van der Waals surface area contributed by atoms with Crippen molar-refractivity contribution in [1.82, 2.24) is 10.0 Å². The topological polar surface area (TPSA) is 111 Å². The van der Waals surface area contributed by atoms with E-state index >= 15 is 0 Å². The molecule has 0 saturated carbocycles. The zero-order valence-corrected chi connectivity index (χ0v) is 13.5. The van der Waals surface area contributed by atoms with Crippen LogP contribution in [0.2, 0.25) is 0 Å². The number of ether oxygens (including phenoxy) is 1. The number of alkyl carbamates (subject to hydrolysis) is 1. The molecule has 0 aliphatic heterocycles. The lowest BCUT2D eigenvalue weighted by atomic mass is 10.2. The third kappa shape index (κ3) is 5.86. The molecular weight excluding hydrogens is 313 g/mol. The van der Waals surface area contributed by atoms with E-state index in [4.69, 9.17) is 10.5 Å². The summed E-state index contributed by atoms with van der Waals surface area (Å²) in [5, 5.41) is 2.41. The Balaban J connectivity index is 2.52. The minimum atomic E-state index is -3.87. The van der Waals surface area contributed by atoms with Gasteiger partial charge in [-0.25, -0.2) is 22.3 Å². The van der Waals surface area contributed by atoms with Crippen LogP contribution in [0.5, 0.6) is 0 Å². The maximum atomic E-state index is 12.9. The van der Waals surface area contributed by atoms with Gasteiger partial charge in [-0.05, 0) is 39.0 Å². The molecule has 0 aliphatic carbocycles. The number of nitrogens with two attached hydrogens (primary N) is 1. The van der Waals surface area contributed by atoms with Gasteiger partial charge in [0.2, 0.25) is 10.0 Å². The van der Waals surface area contributed by atoms with Gasteiger partial charge in [0.15, 0.2) is 0 Å². The lowest BCUT2D eigenvalue weighted by molar-refractivity contribution is 0.0529. The second-order valence-electron chi connectivity index (χ2n) is 5.51. The van der Waals surface area contributed by atoms with Crippen LogP contribution < -0.4 is 15.8 Å². The maximum absolute atomic E-state index is 12.9. The summed E-state index contributed by atoms with van der Waals surface area (Å²) in [5.74, 6) is -0.622. The van der Waals surface area contributed by atoms with Crippen molar-refractivity contribution in [2.24, 2.45) is 0 Å². The number of amides is 1. The van der Waals surface area contributed by atoms with E-state index in [0.717, 1.165) is 18.2 Å². The molecule has 4 N–H and O–H groups in total. The molecule has 0 unspecified atom stereocenters. The summed E-state index contributed by atoms with van der Waals surface area (Å²) >= 11 is 0. The molecule has 1 rings (SSSR count). The molecule has 0 radical (unpaired) electrons. The molecule has 0 aromatic heterocycles. The first-order valence-corrected chi connectivity index (χ1v) is 8.01. The number of benzene rings is 1. The number of hydrogen-bond donors (Lipinski definition) is 3. The summed E-state index contributed by atoms with van der Waals surface area (Å²) < 4.78 is 44.1. The predicted octanol–water partition coefficient (Wildman–Crippen LogP) is 1.21. The summed E-state index contributed by atoms with van der Waals surface area (Å²) in [6.07, 6.45) is -0.645. The Kier molecular flexibility index (Phi) is 5.72. The number of nitrogen functional groups attached to an aromatic ring is 1. The van der Waals surface area contributed by atoms with Crippen LogP contribution in [0.15, 0.2) is 23.1 Å². The van der Waals surface area contributed by atoms with Crippen molar-refractivity contribution in [3.8, 4) is 0 Å². The SMILES string of the molecule is CC(C)(C)OC(=O)NCCNS(=O)(=O)c1ccc(F)cc1N. The first kappa shape index (κ1) is 18.2. The second-order valence-corrected chi connectivity index (χ2v) is 7.24. The van der Waals surface area contributed by atoms with Gasteiger partial charge in [-0.1, -0.05) is 0 Å². The van der Waals surface area contributed by atoms with Gasteiger partial charge in [-0.15, -0.1) is 0 Å². The summed E-state index contributed by atoms with van der Waals surface area (Å²) in [6, 6.07) is 3.01. The fourth-order valence-corrected chi connectivity index (χ4v) is 2.65. The van der Waals surface area contributed by atoms with Gasteiger partial charge in [-0.3, -0.25) is 0 Å². The van der Waals surface area contributed by atoms with Gasteiger partial charge < -0.3 is 15.8 Å². The van der Waals surface area contributed by atoms with Crippen LogP contribution in [-0.2, 0) is 14.8 Å². The van der Waals surface area contributed by atoms with Crippen LogP contribution in [0.25, 0.3) is 0 Å². The van der Waals surface area contributed by atoms with Crippen LogP contribution in [0.3, 0.4) is 0 Å². The molecule has 22 heavy (non-hydrogen) atoms. The quantitative estimate of drug-likeness (QED) is 0.554. The normalized spacial score (nSPS) is 12.0. The number of carbonyl (C=O) groups excluding carboxylic acids is 1. The number of nitrogens with one attached hydrogen (secondary N) is 2. The van der Waals surface area contributed by atoms with E-state index in [2.05, 4.69) is 10.0 Å². The van der Waals surface area contributed by atoms with E-state index in [1.807, 2.05) is 0 Å². The van der Waals surface area contributed by atoms with Crippen molar-refractivity contribution < 1.29 is 22.3 Å². The van der Waals surface area contributed by atoms with Gasteiger partial charge in [0, 0.05) is 13.1 Å². The zero-order valence-electron chi connectivity index (χ0n) is 12.6. The minimum Gasteiger partial charge on any atom is -0.444 e. The molecule has 0 bridgehead atoms. The molecule has 0 spiro atoms. The molecule has 124 valence electrons. The smallest absolute Gasteiger partial charge is 0.407 e. The van der Waals surface area contributed by atoms with Crippen molar-refractivity contribution in [3.63, 3.8) is 0 Å². The van der Waals surface area contributed by atoms with Gasteiger partial charge in [0.25, 0.3) is 0 Å². The monoisotopic (exact) mass is 333 g/mol. The average molecular weight is 333 g/mol. The highest BCUT2D eigenvalue weighted by molar-refractivity contribution is 7.89. The minimum absolute atomic E-state index is 0.0369. The largest absolute Gasteiger partial charge is 0.444 e. The highest BCUT2D eigenvalue weighted by Gasteiger charge is 2.18. The Hall–Kier alpha value is -1.87. The van der Waals surface area contributed by atoms with Gasteiger partial charge in [0.05, 0.1) is 5.69 Å². The van der Waals surface area contributed by atoms with Gasteiger partial charge >= 0.3 is 6.09 Å². The van der Waals surface area contributed by atoms with Crippen molar-refractivity contribution >= 4 is 21.8 Å². The summed E-state index contributed by atoms with van der Waals surface area (Å²) in [6.45, 7) is 5.12. The molecule has 0 saturated heterocycles. The Bertz CT molecular complexity index is 641. The Morgan fingerprint density at radius 3 is 2.50 bits per heavy atom. The molecule has 0 heterocycles. The molecule has 1 amide bonds. The van der Waals surface area contributed by atoms with Gasteiger partial charge in [-0.2, -0.15) is 0 Å². The lowest BCUT2D eigenvalue weighted by Crippen LogP contribution is -2.38. The number of anilines is 1. The summed E-state index contributed by atoms with van der Waals surface area (Å²) in [4.78, 5) is 11.2. The fourth-order valence-electron chi connectivity index (χ4n) is 1.51. The first-order chi connectivity index (χ1) is 10.0. The number of sulfonamides is 1. The van der Waals surface area contributed by atoms with Crippen LogP contribution in [0.1, 0.15) is 20.8 Å². The van der Waals surface area contributed by atoms with E-state index < -0.39 is 27.5 Å². The fraction of sp³-hybridized carbons (Fsp3) is 0.462. The van der Waals surface area contributed by atoms with Crippen molar-refractivity contribution in [3.05, 3.63) is 24.0 Å². The van der Waals surface area contributed by atoms with E-state index in [9.17, 15) is 17.6 Å². The van der Waals surface area contributed by atoms with Crippen LogP contribution in [0.4, 0.5) is 14.9 Å². The van der Waals surface area contributed by atoms with Crippen molar-refractivity contribution in [2.45, 2.75) is 31.3 Å². The molecule has 1 aromatic carbocycles. The zero-order chi connectivity index (χ0) is 17.0. The number of rotatable bonds is 5. The predicted molar refractivity (Wildman–Crippen MR) is 80.2 cm³/mol.